The molecule has 0 saturated heterocycles. The molecule has 1 aliphatic rings. The van der Waals surface area contributed by atoms with Crippen molar-refractivity contribution in [3.05, 3.63) is 41.5 Å². The summed E-state index contributed by atoms with van der Waals surface area (Å²) in [5, 5.41) is 0. The summed E-state index contributed by atoms with van der Waals surface area (Å²) in [4.78, 5) is 4.32. The second kappa shape index (κ2) is 4.08. The van der Waals surface area contributed by atoms with Crippen LogP contribution in [0.2, 0.25) is 0 Å². The molecule has 1 aromatic heterocycles. The van der Waals surface area contributed by atoms with Crippen LogP contribution in [0.15, 0.2) is 18.5 Å². The summed E-state index contributed by atoms with van der Waals surface area (Å²) < 4.78 is 28.1. The summed E-state index contributed by atoms with van der Waals surface area (Å²) in [5.74, 6) is -1.82. The highest BCUT2D eigenvalue weighted by molar-refractivity contribution is 5.59. The molecule has 0 amide bonds. The zero-order valence-electron chi connectivity index (χ0n) is 9.79. The van der Waals surface area contributed by atoms with Gasteiger partial charge in [0.15, 0.2) is 11.6 Å². The molecule has 3 rings (SSSR count). The summed E-state index contributed by atoms with van der Waals surface area (Å²) in [6.45, 7) is 0. The van der Waals surface area contributed by atoms with Gasteiger partial charge >= 0.3 is 0 Å². The first-order chi connectivity index (χ1) is 8.66. The Kier molecular flexibility index (Phi) is 2.54. The molecule has 0 unspecified atom stereocenters. The first-order valence-electron chi connectivity index (χ1n) is 5.97. The lowest BCUT2D eigenvalue weighted by atomic mass is 10.0. The Morgan fingerprint density at radius 2 is 1.83 bits per heavy atom. The van der Waals surface area contributed by atoms with Gasteiger partial charge in [-0.15, -0.1) is 0 Å². The SMILES string of the molecule is Nc1cc(F)c(F)cc1-n1cnc2c1CCCC2. The van der Waals surface area contributed by atoms with Gasteiger partial charge in [0, 0.05) is 17.8 Å². The Labute approximate surface area is 103 Å². The Morgan fingerprint density at radius 1 is 1.11 bits per heavy atom. The minimum atomic E-state index is -0.926. The van der Waals surface area contributed by atoms with E-state index in [0.717, 1.165) is 49.2 Å². The second-order valence-corrected chi connectivity index (χ2v) is 4.54. The number of rotatable bonds is 1. The number of nitrogens with two attached hydrogens (primary N) is 1. The molecule has 18 heavy (non-hydrogen) atoms. The minimum absolute atomic E-state index is 0.222. The van der Waals surface area contributed by atoms with E-state index in [-0.39, 0.29) is 5.69 Å². The highest BCUT2D eigenvalue weighted by Gasteiger charge is 2.18. The summed E-state index contributed by atoms with van der Waals surface area (Å²) >= 11 is 0. The van der Waals surface area contributed by atoms with Crippen LogP contribution in [0.3, 0.4) is 0 Å². The van der Waals surface area contributed by atoms with Gasteiger partial charge in [-0.3, -0.25) is 0 Å². The van der Waals surface area contributed by atoms with Gasteiger partial charge in [0.1, 0.15) is 0 Å². The summed E-state index contributed by atoms with van der Waals surface area (Å²) in [7, 11) is 0. The lowest BCUT2D eigenvalue weighted by Gasteiger charge is -2.15. The molecule has 0 radical (unpaired) electrons. The van der Waals surface area contributed by atoms with Gasteiger partial charge in [0.25, 0.3) is 0 Å². The number of aryl methyl sites for hydroxylation is 1. The molecule has 0 atom stereocenters. The molecular formula is C13H13F2N3. The number of nitrogen functional groups attached to an aromatic ring is 1. The van der Waals surface area contributed by atoms with Crippen molar-refractivity contribution in [2.24, 2.45) is 0 Å². The third kappa shape index (κ3) is 1.66. The van der Waals surface area contributed by atoms with Crippen molar-refractivity contribution in [3.63, 3.8) is 0 Å². The zero-order chi connectivity index (χ0) is 12.7. The van der Waals surface area contributed by atoms with Crippen LogP contribution in [-0.2, 0) is 12.8 Å². The van der Waals surface area contributed by atoms with Gasteiger partial charge in [-0.2, -0.15) is 0 Å². The third-order valence-corrected chi connectivity index (χ3v) is 3.36. The number of hydrogen-bond acceptors (Lipinski definition) is 2. The van der Waals surface area contributed by atoms with Crippen LogP contribution >= 0.6 is 0 Å². The van der Waals surface area contributed by atoms with E-state index in [0.29, 0.717) is 5.69 Å². The minimum Gasteiger partial charge on any atom is -0.397 e. The molecule has 5 heteroatoms. The first-order valence-corrected chi connectivity index (χ1v) is 5.97. The van der Waals surface area contributed by atoms with Gasteiger partial charge in [-0.25, -0.2) is 13.8 Å². The maximum absolute atomic E-state index is 13.3. The average molecular weight is 249 g/mol. The monoisotopic (exact) mass is 249 g/mol. The predicted octanol–water partition coefficient (Wildman–Crippen LogP) is 2.61. The number of imidazole rings is 1. The summed E-state index contributed by atoms with van der Waals surface area (Å²) in [5.41, 5.74) is 8.53. The largest absolute Gasteiger partial charge is 0.397 e. The van der Waals surface area contributed by atoms with Crippen molar-refractivity contribution in [1.82, 2.24) is 9.55 Å². The lowest BCUT2D eigenvalue weighted by molar-refractivity contribution is 0.508. The van der Waals surface area contributed by atoms with Crippen molar-refractivity contribution in [2.45, 2.75) is 25.7 Å². The highest BCUT2D eigenvalue weighted by atomic mass is 19.2. The molecule has 3 nitrogen and oxygen atoms in total. The van der Waals surface area contributed by atoms with Gasteiger partial charge in [0.2, 0.25) is 0 Å². The lowest BCUT2D eigenvalue weighted by Crippen LogP contribution is -2.09. The maximum Gasteiger partial charge on any atom is 0.161 e. The standard InChI is InChI=1S/C13H13F2N3/c14-8-5-10(16)13(6-9(8)15)18-7-17-11-3-1-2-4-12(11)18/h5-7H,1-4,16H2. The van der Waals surface area contributed by atoms with E-state index in [1.54, 1.807) is 10.9 Å². The smallest absolute Gasteiger partial charge is 0.161 e. The number of benzene rings is 1. The number of aromatic nitrogens is 2. The number of hydrogen-bond donors (Lipinski definition) is 1. The van der Waals surface area contributed by atoms with E-state index in [4.69, 9.17) is 5.73 Å². The van der Waals surface area contributed by atoms with Crippen molar-refractivity contribution in [2.75, 3.05) is 5.73 Å². The molecule has 1 heterocycles. The molecule has 94 valence electrons. The van der Waals surface area contributed by atoms with Crippen LogP contribution in [0.1, 0.15) is 24.2 Å². The fourth-order valence-corrected chi connectivity index (χ4v) is 2.44. The topological polar surface area (TPSA) is 43.8 Å². The van der Waals surface area contributed by atoms with Gasteiger partial charge in [-0.05, 0) is 25.7 Å². The van der Waals surface area contributed by atoms with E-state index in [2.05, 4.69) is 4.98 Å². The van der Waals surface area contributed by atoms with E-state index < -0.39 is 11.6 Å². The molecule has 1 aromatic carbocycles. The van der Waals surface area contributed by atoms with E-state index >= 15 is 0 Å². The normalized spacial score (nSPS) is 14.6. The second-order valence-electron chi connectivity index (χ2n) is 4.54. The van der Waals surface area contributed by atoms with Crippen LogP contribution in [0.25, 0.3) is 5.69 Å². The Hall–Kier alpha value is -1.91. The van der Waals surface area contributed by atoms with Crippen LogP contribution in [-0.4, -0.2) is 9.55 Å². The molecular weight excluding hydrogens is 236 g/mol. The molecule has 0 bridgehead atoms. The number of fused-ring (bicyclic) bond motifs is 1. The molecule has 2 aromatic rings. The summed E-state index contributed by atoms with van der Waals surface area (Å²) in [6.07, 6.45) is 5.68. The van der Waals surface area contributed by atoms with Crippen molar-refractivity contribution in [3.8, 4) is 5.69 Å². The first kappa shape index (κ1) is 11.2. The Bertz CT molecular complexity index is 605. The van der Waals surface area contributed by atoms with Crippen LogP contribution < -0.4 is 5.73 Å². The zero-order valence-corrected chi connectivity index (χ0v) is 9.79. The number of halogens is 2. The van der Waals surface area contributed by atoms with Gasteiger partial charge in [0.05, 0.1) is 23.4 Å². The molecule has 1 aliphatic carbocycles. The molecule has 2 N–H and O–H groups in total. The highest BCUT2D eigenvalue weighted by Crippen LogP contribution is 2.27. The predicted molar refractivity (Wildman–Crippen MR) is 64.5 cm³/mol. The van der Waals surface area contributed by atoms with Crippen LogP contribution in [0.5, 0.6) is 0 Å². The maximum atomic E-state index is 13.3. The van der Waals surface area contributed by atoms with Gasteiger partial charge in [-0.1, -0.05) is 0 Å². The fraction of sp³-hybridized carbons (Fsp3) is 0.308. The Morgan fingerprint density at radius 3 is 2.67 bits per heavy atom. The third-order valence-electron chi connectivity index (χ3n) is 3.36. The van der Waals surface area contributed by atoms with Crippen LogP contribution in [0, 0.1) is 11.6 Å². The van der Waals surface area contributed by atoms with Crippen molar-refractivity contribution < 1.29 is 8.78 Å². The Balaban J connectivity index is 2.15. The quantitative estimate of drug-likeness (QED) is 0.789. The molecule has 0 spiro atoms. The molecule has 0 saturated carbocycles. The average Bonchev–Trinajstić information content (AvgIpc) is 2.78. The molecule has 0 aliphatic heterocycles. The van der Waals surface area contributed by atoms with E-state index in [1.165, 1.54) is 0 Å². The van der Waals surface area contributed by atoms with Crippen molar-refractivity contribution >= 4 is 5.69 Å². The fourth-order valence-electron chi connectivity index (χ4n) is 2.44. The van der Waals surface area contributed by atoms with Gasteiger partial charge < -0.3 is 10.3 Å². The van der Waals surface area contributed by atoms with E-state index in [9.17, 15) is 8.78 Å². The van der Waals surface area contributed by atoms with Crippen molar-refractivity contribution in [1.29, 1.82) is 0 Å². The summed E-state index contributed by atoms with van der Waals surface area (Å²) in [6, 6.07) is 2.14. The number of anilines is 1. The van der Waals surface area contributed by atoms with E-state index in [1.807, 2.05) is 0 Å². The van der Waals surface area contributed by atoms with Crippen LogP contribution in [0.4, 0.5) is 14.5 Å². The number of nitrogens with zero attached hydrogens (tertiary/aromatic N) is 2. The molecule has 0 fully saturated rings.